The number of aromatic hydroxyl groups is 3. The van der Waals surface area contributed by atoms with Crippen LogP contribution in [0.4, 0.5) is 0 Å². The molecule has 0 amide bonds. The number of phenolic OH excluding ortho intramolecular Hbond substituents is 3. The van der Waals surface area contributed by atoms with E-state index in [2.05, 4.69) is 15.0 Å². The van der Waals surface area contributed by atoms with Crippen LogP contribution in [0.15, 0.2) is 41.5 Å². The van der Waals surface area contributed by atoms with E-state index in [1.54, 1.807) is 18.5 Å². The molecule has 0 radical (unpaired) electrons. The van der Waals surface area contributed by atoms with Gasteiger partial charge in [-0.15, -0.1) is 0 Å². The smallest absolute Gasteiger partial charge is 0.254 e. The van der Waals surface area contributed by atoms with Gasteiger partial charge in [0.25, 0.3) is 5.56 Å². The second-order valence-corrected chi connectivity index (χ2v) is 6.50. The van der Waals surface area contributed by atoms with Crippen LogP contribution in [-0.4, -0.2) is 41.7 Å². The molecular formula is C19H18N4O4. The summed E-state index contributed by atoms with van der Waals surface area (Å²) in [4.78, 5) is 25.9. The molecule has 3 heterocycles. The molecule has 8 nitrogen and oxygen atoms in total. The fourth-order valence-electron chi connectivity index (χ4n) is 3.28. The SMILES string of the molecule is O=c1[nH]c(-c2cccnc2)nc2c1CCN(Cc1c(O)cc(O)cc1O)C2. The van der Waals surface area contributed by atoms with E-state index in [0.717, 1.165) is 5.56 Å². The molecule has 4 rings (SSSR count). The first-order chi connectivity index (χ1) is 13.0. The number of aromatic amines is 1. The lowest BCUT2D eigenvalue weighted by molar-refractivity contribution is 0.234. The summed E-state index contributed by atoms with van der Waals surface area (Å²) in [5.41, 5.74) is 2.21. The summed E-state index contributed by atoms with van der Waals surface area (Å²) in [6.07, 6.45) is 3.81. The maximum Gasteiger partial charge on any atom is 0.254 e. The minimum absolute atomic E-state index is 0.158. The van der Waals surface area contributed by atoms with Crippen molar-refractivity contribution in [1.82, 2.24) is 19.9 Å². The lowest BCUT2D eigenvalue weighted by Crippen LogP contribution is -2.35. The Bertz CT molecular complexity index is 1030. The molecule has 138 valence electrons. The van der Waals surface area contributed by atoms with Gasteiger partial charge in [-0.2, -0.15) is 0 Å². The monoisotopic (exact) mass is 366 g/mol. The zero-order valence-electron chi connectivity index (χ0n) is 14.4. The fraction of sp³-hybridized carbons (Fsp3) is 0.211. The summed E-state index contributed by atoms with van der Waals surface area (Å²) >= 11 is 0. The van der Waals surface area contributed by atoms with Crippen LogP contribution in [0.25, 0.3) is 11.4 Å². The molecule has 0 fully saturated rings. The largest absolute Gasteiger partial charge is 0.508 e. The molecule has 1 aromatic carbocycles. The Labute approximate surface area is 154 Å². The summed E-state index contributed by atoms with van der Waals surface area (Å²) in [6.45, 7) is 1.27. The zero-order valence-corrected chi connectivity index (χ0v) is 14.4. The number of phenols is 3. The normalized spacial score (nSPS) is 14.1. The van der Waals surface area contributed by atoms with E-state index in [0.29, 0.717) is 42.2 Å². The molecule has 0 bridgehead atoms. The fourth-order valence-corrected chi connectivity index (χ4v) is 3.28. The second-order valence-electron chi connectivity index (χ2n) is 6.50. The Morgan fingerprint density at radius 3 is 2.67 bits per heavy atom. The number of hydrogen-bond acceptors (Lipinski definition) is 7. The summed E-state index contributed by atoms with van der Waals surface area (Å²) < 4.78 is 0. The van der Waals surface area contributed by atoms with Gasteiger partial charge in [0.15, 0.2) is 0 Å². The highest BCUT2D eigenvalue weighted by Crippen LogP contribution is 2.33. The minimum atomic E-state index is -0.202. The number of rotatable bonds is 3. The molecule has 1 aliphatic rings. The number of nitrogens with zero attached hydrogens (tertiary/aromatic N) is 3. The van der Waals surface area contributed by atoms with Crippen molar-refractivity contribution in [2.75, 3.05) is 6.54 Å². The van der Waals surface area contributed by atoms with E-state index in [1.807, 2.05) is 11.0 Å². The molecule has 0 saturated carbocycles. The Hall–Kier alpha value is -3.39. The van der Waals surface area contributed by atoms with Crippen molar-refractivity contribution in [2.24, 2.45) is 0 Å². The molecule has 3 aromatic rings. The highest BCUT2D eigenvalue weighted by atomic mass is 16.3. The third-order valence-electron chi connectivity index (χ3n) is 4.66. The quantitative estimate of drug-likeness (QED) is 0.554. The summed E-state index contributed by atoms with van der Waals surface area (Å²) in [7, 11) is 0. The van der Waals surface area contributed by atoms with Gasteiger partial charge in [-0.1, -0.05) is 0 Å². The van der Waals surface area contributed by atoms with Crippen molar-refractivity contribution in [1.29, 1.82) is 0 Å². The molecule has 0 atom stereocenters. The van der Waals surface area contributed by atoms with Crippen LogP contribution in [0.2, 0.25) is 0 Å². The Balaban J connectivity index is 1.63. The predicted octanol–water partition coefficient (Wildman–Crippen LogP) is 1.51. The Kier molecular flexibility index (Phi) is 4.25. The summed E-state index contributed by atoms with van der Waals surface area (Å²) in [5, 5.41) is 29.5. The Morgan fingerprint density at radius 1 is 1.19 bits per heavy atom. The van der Waals surface area contributed by atoms with Crippen LogP contribution in [0, 0.1) is 0 Å². The van der Waals surface area contributed by atoms with Gasteiger partial charge in [0.05, 0.1) is 5.69 Å². The van der Waals surface area contributed by atoms with Gasteiger partial charge in [-0.05, 0) is 18.6 Å². The number of hydrogen-bond donors (Lipinski definition) is 4. The van der Waals surface area contributed by atoms with E-state index in [4.69, 9.17) is 0 Å². The molecule has 0 unspecified atom stereocenters. The van der Waals surface area contributed by atoms with E-state index < -0.39 is 0 Å². The van der Waals surface area contributed by atoms with Crippen LogP contribution in [0.5, 0.6) is 17.2 Å². The molecule has 1 aliphatic heterocycles. The average molecular weight is 366 g/mol. The van der Waals surface area contributed by atoms with Gasteiger partial charge in [0, 0.05) is 60.9 Å². The van der Waals surface area contributed by atoms with E-state index in [9.17, 15) is 20.1 Å². The maximum absolute atomic E-state index is 12.4. The van der Waals surface area contributed by atoms with E-state index in [-0.39, 0.29) is 29.4 Å². The molecular weight excluding hydrogens is 348 g/mol. The van der Waals surface area contributed by atoms with Crippen molar-refractivity contribution in [3.05, 3.63) is 63.8 Å². The van der Waals surface area contributed by atoms with Gasteiger partial charge < -0.3 is 20.3 Å². The lowest BCUT2D eigenvalue weighted by Gasteiger charge is -2.28. The third kappa shape index (κ3) is 3.34. The number of benzene rings is 1. The molecule has 4 N–H and O–H groups in total. The minimum Gasteiger partial charge on any atom is -0.508 e. The number of nitrogens with one attached hydrogen (secondary N) is 1. The first-order valence-electron chi connectivity index (χ1n) is 8.50. The maximum atomic E-state index is 12.4. The lowest BCUT2D eigenvalue weighted by atomic mass is 10.0. The molecule has 0 saturated heterocycles. The van der Waals surface area contributed by atoms with Gasteiger partial charge in [0.1, 0.15) is 23.1 Å². The molecule has 8 heteroatoms. The topological polar surface area (TPSA) is 123 Å². The summed E-state index contributed by atoms with van der Waals surface area (Å²) in [6, 6.07) is 5.98. The number of fused-ring (bicyclic) bond motifs is 1. The van der Waals surface area contributed by atoms with Gasteiger partial charge in [0.2, 0.25) is 0 Å². The predicted molar refractivity (Wildman–Crippen MR) is 97.3 cm³/mol. The number of H-pyrrole nitrogens is 1. The van der Waals surface area contributed by atoms with Crippen molar-refractivity contribution in [3.8, 4) is 28.6 Å². The second kappa shape index (κ2) is 6.73. The van der Waals surface area contributed by atoms with Crippen molar-refractivity contribution >= 4 is 0 Å². The molecule has 27 heavy (non-hydrogen) atoms. The van der Waals surface area contributed by atoms with Gasteiger partial charge in [-0.25, -0.2) is 4.98 Å². The highest BCUT2D eigenvalue weighted by Gasteiger charge is 2.23. The van der Waals surface area contributed by atoms with Crippen molar-refractivity contribution in [2.45, 2.75) is 19.5 Å². The van der Waals surface area contributed by atoms with Crippen LogP contribution in [-0.2, 0) is 19.5 Å². The van der Waals surface area contributed by atoms with Crippen LogP contribution >= 0.6 is 0 Å². The third-order valence-corrected chi connectivity index (χ3v) is 4.66. The zero-order chi connectivity index (χ0) is 19.0. The molecule has 2 aromatic heterocycles. The van der Waals surface area contributed by atoms with E-state index >= 15 is 0 Å². The van der Waals surface area contributed by atoms with Crippen LogP contribution < -0.4 is 5.56 Å². The Morgan fingerprint density at radius 2 is 1.96 bits per heavy atom. The first kappa shape index (κ1) is 17.0. The first-order valence-corrected chi connectivity index (χ1v) is 8.50. The molecule has 0 spiro atoms. The number of aromatic nitrogens is 3. The van der Waals surface area contributed by atoms with Gasteiger partial charge >= 0.3 is 0 Å². The van der Waals surface area contributed by atoms with E-state index in [1.165, 1.54) is 12.1 Å². The number of pyridine rings is 1. The standard InChI is InChI=1S/C19H18N4O4/c24-12-6-16(25)14(17(26)7-12)9-23-5-3-13-15(10-23)21-18(22-19(13)27)11-2-1-4-20-8-11/h1-2,4,6-8,24-26H,3,5,9-10H2,(H,21,22,27). The van der Waals surface area contributed by atoms with Crippen LogP contribution in [0.1, 0.15) is 16.8 Å². The van der Waals surface area contributed by atoms with Crippen molar-refractivity contribution < 1.29 is 15.3 Å². The average Bonchev–Trinajstić information content (AvgIpc) is 2.65. The summed E-state index contributed by atoms with van der Waals surface area (Å²) in [5.74, 6) is -0.0856. The van der Waals surface area contributed by atoms with Gasteiger partial charge in [-0.3, -0.25) is 14.7 Å². The molecule has 0 aliphatic carbocycles. The van der Waals surface area contributed by atoms with Crippen LogP contribution in [0.3, 0.4) is 0 Å². The van der Waals surface area contributed by atoms with Crippen molar-refractivity contribution in [3.63, 3.8) is 0 Å². The highest BCUT2D eigenvalue weighted by molar-refractivity contribution is 5.53.